The van der Waals surface area contributed by atoms with Crippen LogP contribution in [-0.2, 0) is 11.2 Å². The Labute approximate surface area is 151 Å². The number of rotatable bonds is 7. The fraction of sp³-hybridized carbons (Fsp3) is 0.200. The molecule has 0 aliphatic heterocycles. The third kappa shape index (κ3) is 4.90. The van der Waals surface area contributed by atoms with Crippen LogP contribution in [0, 0.1) is 0 Å². The predicted octanol–water partition coefficient (Wildman–Crippen LogP) is 4.78. The molecule has 0 bridgehead atoms. The van der Waals surface area contributed by atoms with E-state index in [-0.39, 0.29) is 5.91 Å². The largest absolute Gasteiger partial charge is 0.497 e. The lowest BCUT2D eigenvalue weighted by atomic mass is 10.1. The van der Waals surface area contributed by atoms with E-state index in [0.29, 0.717) is 11.6 Å². The summed E-state index contributed by atoms with van der Waals surface area (Å²) < 4.78 is 5.14. The van der Waals surface area contributed by atoms with E-state index >= 15 is 0 Å². The average Bonchev–Trinajstić information content (AvgIpc) is 3.11. The topological polar surface area (TPSA) is 51.2 Å². The monoisotopic (exact) mass is 352 g/mol. The summed E-state index contributed by atoms with van der Waals surface area (Å²) in [4.78, 5) is 16.6. The van der Waals surface area contributed by atoms with E-state index in [9.17, 15) is 4.79 Å². The van der Waals surface area contributed by atoms with E-state index in [1.807, 2.05) is 60.0 Å². The molecule has 0 radical (unpaired) electrons. The van der Waals surface area contributed by atoms with Crippen LogP contribution in [0.1, 0.15) is 18.4 Å². The number of hydrogen-bond donors (Lipinski definition) is 1. The molecule has 1 heterocycles. The van der Waals surface area contributed by atoms with Crippen LogP contribution in [-0.4, -0.2) is 18.0 Å². The van der Waals surface area contributed by atoms with Gasteiger partial charge in [-0.1, -0.05) is 42.5 Å². The number of anilines is 1. The summed E-state index contributed by atoms with van der Waals surface area (Å²) in [5, 5.41) is 5.49. The van der Waals surface area contributed by atoms with Crippen molar-refractivity contribution in [2.45, 2.75) is 19.3 Å². The van der Waals surface area contributed by atoms with Gasteiger partial charge in [-0.05, 0) is 30.5 Å². The van der Waals surface area contributed by atoms with Gasteiger partial charge < -0.3 is 10.1 Å². The number of benzene rings is 2. The van der Waals surface area contributed by atoms with Crippen LogP contribution in [0.2, 0.25) is 0 Å². The molecule has 3 aromatic rings. The molecule has 25 heavy (non-hydrogen) atoms. The van der Waals surface area contributed by atoms with Crippen LogP contribution in [0.15, 0.2) is 60.0 Å². The Hall–Kier alpha value is -2.66. The normalized spacial score (nSPS) is 10.4. The second-order valence-electron chi connectivity index (χ2n) is 5.65. The van der Waals surface area contributed by atoms with Crippen molar-refractivity contribution in [3.8, 4) is 17.0 Å². The number of nitrogens with zero attached hydrogens (tertiary/aromatic N) is 1. The fourth-order valence-corrected chi connectivity index (χ4v) is 3.24. The zero-order valence-electron chi connectivity index (χ0n) is 14.1. The van der Waals surface area contributed by atoms with Crippen molar-refractivity contribution >= 4 is 22.4 Å². The SMILES string of the molecule is COc1ccc(CCCC(=O)Nc2nc(-c3ccccc3)cs2)cc1. The van der Waals surface area contributed by atoms with Crippen molar-refractivity contribution in [3.63, 3.8) is 0 Å². The summed E-state index contributed by atoms with van der Waals surface area (Å²) in [5.74, 6) is 0.849. The highest BCUT2D eigenvalue weighted by atomic mass is 32.1. The van der Waals surface area contributed by atoms with Gasteiger partial charge in [0.15, 0.2) is 5.13 Å². The van der Waals surface area contributed by atoms with Gasteiger partial charge in [0.05, 0.1) is 12.8 Å². The summed E-state index contributed by atoms with van der Waals surface area (Å²) in [6.45, 7) is 0. The first kappa shape index (κ1) is 17.2. The van der Waals surface area contributed by atoms with E-state index in [0.717, 1.165) is 29.8 Å². The summed E-state index contributed by atoms with van der Waals surface area (Å²) in [5.41, 5.74) is 3.15. The van der Waals surface area contributed by atoms with E-state index in [1.54, 1.807) is 7.11 Å². The van der Waals surface area contributed by atoms with Crippen LogP contribution in [0.5, 0.6) is 5.75 Å². The van der Waals surface area contributed by atoms with E-state index < -0.39 is 0 Å². The Balaban J connectivity index is 1.47. The number of aryl methyl sites for hydroxylation is 1. The fourth-order valence-electron chi connectivity index (χ4n) is 2.50. The molecule has 0 saturated heterocycles. The molecule has 0 saturated carbocycles. The van der Waals surface area contributed by atoms with Gasteiger partial charge in [-0.15, -0.1) is 11.3 Å². The molecular weight excluding hydrogens is 332 g/mol. The van der Waals surface area contributed by atoms with Crippen LogP contribution in [0.3, 0.4) is 0 Å². The second-order valence-corrected chi connectivity index (χ2v) is 6.51. The molecule has 0 unspecified atom stereocenters. The number of carbonyl (C=O) groups is 1. The van der Waals surface area contributed by atoms with Crippen molar-refractivity contribution in [2.75, 3.05) is 12.4 Å². The Bertz CT molecular complexity index is 813. The van der Waals surface area contributed by atoms with Gasteiger partial charge in [0, 0.05) is 17.4 Å². The first-order valence-corrected chi connectivity index (χ1v) is 9.06. The number of carbonyl (C=O) groups excluding carboxylic acids is 1. The zero-order valence-corrected chi connectivity index (χ0v) is 14.9. The molecule has 1 N–H and O–H groups in total. The average molecular weight is 352 g/mol. The molecule has 3 rings (SSSR count). The molecule has 0 spiro atoms. The van der Waals surface area contributed by atoms with Gasteiger partial charge in [-0.2, -0.15) is 0 Å². The molecule has 128 valence electrons. The number of methoxy groups -OCH3 is 1. The Morgan fingerprint density at radius 1 is 1.12 bits per heavy atom. The zero-order chi connectivity index (χ0) is 17.5. The van der Waals surface area contributed by atoms with Crippen molar-refractivity contribution < 1.29 is 9.53 Å². The van der Waals surface area contributed by atoms with Crippen LogP contribution in [0.4, 0.5) is 5.13 Å². The summed E-state index contributed by atoms with van der Waals surface area (Å²) in [6, 6.07) is 17.9. The van der Waals surface area contributed by atoms with Crippen molar-refractivity contribution in [1.82, 2.24) is 4.98 Å². The molecule has 0 atom stereocenters. The van der Waals surface area contributed by atoms with Gasteiger partial charge in [-0.3, -0.25) is 4.79 Å². The van der Waals surface area contributed by atoms with Gasteiger partial charge in [0.2, 0.25) is 5.91 Å². The molecule has 0 aliphatic rings. The van der Waals surface area contributed by atoms with E-state index in [2.05, 4.69) is 10.3 Å². The van der Waals surface area contributed by atoms with Crippen LogP contribution in [0.25, 0.3) is 11.3 Å². The van der Waals surface area contributed by atoms with Crippen molar-refractivity contribution in [3.05, 3.63) is 65.5 Å². The number of hydrogen-bond acceptors (Lipinski definition) is 4. The number of thiazole rings is 1. The Kier molecular flexibility index (Phi) is 5.80. The minimum Gasteiger partial charge on any atom is -0.497 e. The summed E-state index contributed by atoms with van der Waals surface area (Å²) >= 11 is 1.45. The summed E-state index contributed by atoms with van der Waals surface area (Å²) in [6.07, 6.45) is 2.14. The molecule has 0 aliphatic carbocycles. The standard InChI is InChI=1S/C20H20N2O2S/c1-24-17-12-10-15(11-13-17)6-5-9-19(23)22-20-21-18(14-25-20)16-7-3-2-4-8-16/h2-4,7-8,10-14H,5-6,9H2,1H3,(H,21,22,23). The minimum atomic E-state index is 0.00229. The van der Waals surface area contributed by atoms with Gasteiger partial charge in [-0.25, -0.2) is 4.98 Å². The maximum atomic E-state index is 12.1. The molecule has 0 fully saturated rings. The number of amides is 1. The first-order valence-electron chi connectivity index (χ1n) is 8.18. The van der Waals surface area contributed by atoms with Crippen molar-refractivity contribution in [2.24, 2.45) is 0 Å². The van der Waals surface area contributed by atoms with E-state index in [1.165, 1.54) is 16.9 Å². The molecule has 1 amide bonds. The Morgan fingerprint density at radius 2 is 1.88 bits per heavy atom. The molecular formula is C20H20N2O2S. The lowest BCUT2D eigenvalue weighted by Crippen LogP contribution is -2.11. The third-order valence-electron chi connectivity index (χ3n) is 3.85. The van der Waals surface area contributed by atoms with Crippen LogP contribution < -0.4 is 10.1 Å². The van der Waals surface area contributed by atoms with Gasteiger partial charge in [0.25, 0.3) is 0 Å². The molecule has 4 nitrogen and oxygen atoms in total. The minimum absolute atomic E-state index is 0.00229. The van der Waals surface area contributed by atoms with Gasteiger partial charge >= 0.3 is 0 Å². The van der Waals surface area contributed by atoms with Gasteiger partial charge in [0.1, 0.15) is 5.75 Å². The highest BCUT2D eigenvalue weighted by molar-refractivity contribution is 7.14. The second kappa shape index (κ2) is 8.44. The molecule has 2 aromatic carbocycles. The maximum absolute atomic E-state index is 12.1. The highest BCUT2D eigenvalue weighted by Gasteiger charge is 2.08. The number of ether oxygens (including phenoxy) is 1. The quantitative estimate of drug-likeness (QED) is 0.666. The van der Waals surface area contributed by atoms with E-state index in [4.69, 9.17) is 4.74 Å². The lowest BCUT2D eigenvalue weighted by molar-refractivity contribution is -0.116. The smallest absolute Gasteiger partial charge is 0.226 e. The number of nitrogens with one attached hydrogen (secondary N) is 1. The first-order chi connectivity index (χ1) is 12.2. The highest BCUT2D eigenvalue weighted by Crippen LogP contribution is 2.24. The third-order valence-corrected chi connectivity index (χ3v) is 4.61. The number of aromatic nitrogens is 1. The molecule has 5 heteroatoms. The summed E-state index contributed by atoms with van der Waals surface area (Å²) in [7, 11) is 1.65. The lowest BCUT2D eigenvalue weighted by Gasteiger charge is -2.04. The predicted molar refractivity (Wildman–Crippen MR) is 102 cm³/mol. The Morgan fingerprint density at radius 3 is 2.60 bits per heavy atom. The van der Waals surface area contributed by atoms with Crippen molar-refractivity contribution in [1.29, 1.82) is 0 Å². The molecule has 1 aromatic heterocycles. The maximum Gasteiger partial charge on any atom is 0.226 e. The van der Waals surface area contributed by atoms with Crippen LogP contribution >= 0.6 is 11.3 Å².